The van der Waals surface area contributed by atoms with E-state index in [4.69, 9.17) is 5.11 Å². The number of aromatic carboxylic acids is 1. The van der Waals surface area contributed by atoms with Crippen LogP contribution in [0.25, 0.3) is 0 Å². The Morgan fingerprint density at radius 1 is 1.46 bits per heavy atom. The lowest BCUT2D eigenvalue weighted by Crippen LogP contribution is -2.08. The second-order valence-electron chi connectivity index (χ2n) is 2.85. The van der Waals surface area contributed by atoms with E-state index in [1.54, 1.807) is 0 Å². The topological polar surface area (TPSA) is 80.6 Å². The van der Waals surface area contributed by atoms with Crippen molar-refractivity contribution in [2.75, 3.05) is 0 Å². The van der Waals surface area contributed by atoms with E-state index in [0.29, 0.717) is 0 Å². The second kappa shape index (κ2) is 2.97. The van der Waals surface area contributed by atoms with Gasteiger partial charge in [-0.25, -0.2) is 4.79 Å². The third-order valence-corrected chi connectivity index (χ3v) is 1.91. The van der Waals surface area contributed by atoms with Gasteiger partial charge in [0.15, 0.2) is 0 Å². The Labute approximate surface area is 75.1 Å². The number of carbonyl (C=O) groups is 1. The zero-order chi connectivity index (χ0) is 10.2. The highest BCUT2D eigenvalue weighted by Gasteiger charge is 2.11. The van der Waals surface area contributed by atoms with Crippen LogP contribution in [0.2, 0.25) is 0 Å². The van der Waals surface area contributed by atoms with Gasteiger partial charge in [-0.15, -0.1) is 0 Å². The summed E-state index contributed by atoms with van der Waals surface area (Å²) in [5, 5.41) is 29.2. The highest BCUT2D eigenvalue weighted by molar-refractivity contribution is 5.93. The Balaban J connectivity index is 3.53. The van der Waals surface area contributed by atoms with Gasteiger partial charge in [-0.1, -0.05) is 5.75 Å². The standard InChI is InChI=1S/C9H10O4/c1-4-3-6(10)5(2)8(11)7(4)9(12)13/h3,10-11H,1-2H3,(H,12,13)/p-1. The van der Waals surface area contributed by atoms with Crippen LogP contribution >= 0.6 is 0 Å². The fraction of sp³-hybridized carbons (Fsp3) is 0.222. The average Bonchev–Trinajstić information content (AvgIpc) is 1.99. The maximum absolute atomic E-state index is 11.3. The predicted octanol–water partition coefficient (Wildman–Crippen LogP) is 0.781. The van der Waals surface area contributed by atoms with Gasteiger partial charge >= 0.3 is 5.97 Å². The summed E-state index contributed by atoms with van der Waals surface area (Å²) in [6.45, 7) is 2.87. The number of carboxylic acid groups (broad SMARTS) is 1. The van der Waals surface area contributed by atoms with E-state index < -0.39 is 11.7 Å². The van der Waals surface area contributed by atoms with Crippen LogP contribution in [0.5, 0.6) is 11.5 Å². The largest absolute Gasteiger partial charge is 0.872 e. The number of rotatable bonds is 1. The smallest absolute Gasteiger partial charge is 0.335 e. The Hall–Kier alpha value is -1.71. The molecule has 2 N–H and O–H groups in total. The number of phenolic OH excluding ortho intramolecular Hbond substituents is 1. The molecule has 0 saturated carbocycles. The normalized spacial score (nSPS) is 10.0. The number of benzene rings is 1. The molecular weight excluding hydrogens is 172 g/mol. The SMILES string of the molecule is Cc1cc(O)c(C)c([O-])c1C(=O)O. The second-order valence-corrected chi connectivity index (χ2v) is 2.85. The first-order valence-corrected chi connectivity index (χ1v) is 3.68. The number of carboxylic acids is 1. The number of hydrogen-bond donors (Lipinski definition) is 2. The Bertz CT molecular complexity index is 368. The molecule has 1 rings (SSSR count). The number of hydrogen-bond acceptors (Lipinski definition) is 3. The molecule has 0 aliphatic rings. The summed E-state index contributed by atoms with van der Waals surface area (Å²) in [6, 6.07) is 1.28. The molecule has 0 aliphatic heterocycles. The van der Waals surface area contributed by atoms with Gasteiger partial charge in [-0.2, -0.15) is 0 Å². The molecule has 0 spiro atoms. The summed E-state index contributed by atoms with van der Waals surface area (Å²) in [6.07, 6.45) is 0. The van der Waals surface area contributed by atoms with Crippen molar-refractivity contribution in [3.8, 4) is 11.5 Å². The van der Waals surface area contributed by atoms with Crippen LogP contribution < -0.4 is 5.11 Å². The first-order valence-electron chi connectivity index (χ1n) is 3.68. The third-order valence-electron chi connectivity index (χ3n) is 1.91. The van der Waals surface area contributed by atoms with Gasteiger partial charge in [0.2, 0.25) is 0 Å². The highest BCUT2D eigenvalue weighted by Crippen LogP contribution is 2.30. The van der Waals surface area contributed by atoms with Gasteiger partial charge in [0.05, 0.1) is 5.56 Å². The molecule has 4 nitrogen and oxygen atoms in total. The molecule has 0 atom stereocenters. The summed E-state index contributed by atoms with van der Waals surface area (Å²) in [5.74, 6) is -2.04. The lowest BCUT2D eigenvalue weighted by molar-refractivity contribution is -0.269. The number of aromatic hydroxyl groups is 1. The van der Waals surface area contributed by atoms with Crippen LogP contribution in [-0.4, -0.2) is 16.2 Å². The van der Waals surface area contributed by atoms with Crippen molar-refractivity contribution in [1.82, 2.24) is 0 Å². The molecule has 0 saturated heterocycles. The molecule has 0 heterocycles. The summed E-state index contributed by atoms with van der Waals surface area (Å²) < 4.78 is 0. The van der Waals surface area contributed by atoms with Gasteiger partial charge in [-0.05, 0) is 31.0 Å². The number of aryl methyl sites for hydroxylation is 1. The summed E-state index contributed by atoms with van der Waals surface area (Å²) in [4.78, 5) is 10.6. The van der Waals surface area contributed by atoms with Crippen molar-refractivity contribution < 1.29 is 20.1 Å². The molecule has 0 fully saturated rings. The molecule has 0 aromatic heterocycles. The van der Waals surface area contributed by atoms with Crippen LogP contribution in [0.4, 0.5) is 0 Å². The fourth-order valence-electron chi connectivity index (χ4n) is 1.13. The first kappa shape index (κ1) is 9.38. The molecule has 4 heteroatoms. The molecule has 1 aromatic rings. The van der Waals surface area contributed by atoms with Crippen LogP contribution in [0.1, 0.15) is 21.5 Å². The molecule has 0 unspecified atom stereocenters. The third kappa shape index (κ3) is 1.42. The van der Waals surface area contributed by atoms with Gasteiger partial charge in [-0.3, -0.25) is 0 Å². The van der Waals surface area contributed by atoms with E-state index >= 15 is 0 Å². The molecular formula is C9H9O4-. The summed E-state index contributed by atoms with van der Waals surface area (Å²) >= 11 is 0. The molecule has 13 heavy (non-hydrogen) atoms. The number of phenols is 1. The lowest BCUT2D eigenvalue weighted by atomic mass is 10.0. The highest BCUT2D eigenvalue weighted by atomic mass is 16.4. The van der Waals surface area contributed by atoms with Gasteiger partial charge in [0.25, 0.3) is 0 Å². The van der Waals surface area contributed by atoms with E-state index in [0.717, 1.165) is 0 Å². The van der Waals surface area contributed by atoms with Crippen molar-refractivity contribution in [1.29, 1.82) is 0 Å². The molecule has 0 radical (unpaired) electrons. The molecule has 1 aromatic carbocycles. The quantitative estimate of drug-likeness (QED) is 0.670. The van der Waals surface area contributed by atoms with Crippen molar-refractivity contribution in [2.24, 2.45) is 0 Å². The van der Waals surface area contributed by atoms with E-state index in [1.807, 2.05) is 0 Å². The van der Waals surface area contributed by atoms with Crippen LogP contribution in [0.3, 0.4) is 0 Å². The average molecular weight is 181 g/mol. The minimum Gasteiger partial charge on any atom is -0.872 e. The van der Waals surface area contributed by atoms with Crippen LogP contribution in [-0.2, 0) is 0 Å². The van der Waals surface area contributed by atoms with E-state index in [1.165, 1.54) is 19.9 Å². The summed E-state index contributed by atoms with van der Waals surface area (Å²) in [7, 11) is 0. The summed E-state index contributed by atoms with van der Waals surface area (Å²) in [5.41, 5.74) is 0.0823. The predicted molar refractivity (Wildman–Crippen MR) is 44.0 cm³/mol. The Morgan fingerprint density at radius 3 is 2.46 bits per heavy atom. The van der Waals surface area contributed by atoms with Crippen molar-refractivity contribution in [2.45, 2.75) is 13.8 Å². The van der Waals surface area contributed by atoms with Gasteiger partial charge in [0, 0.05) is 0 Å². The minimum atomic E-state index is -1.26. The maximum atomic E-state index is 11.3. The lowest BCUT2D eigenvalue weighted by Gasteiger charge is -2.17. The maximum Gasteiger partial charge on any atom is 0.335 e. The van der Waals surface area contributed by atoms with Crippen molar-refractivity contribution in [3.05, 3.63) is 22.8 Å². The molecule has 70 valence electrons. The molecule has 0 amide bonds. The van der Waals surface area contributed by atoms with E-state index in [2.05, 4.69) is 0 Å². The molecule has 0 bridgehead atoms. The zero-order valence-electron chi connectivity index (χ0n) is 7.29. The zero-order valence-corrected chi connectivity index (χ0v) is 7.29. The minimum absolute atomic E-state index is 0.0722. The first-order chi connectivity index (χ1) is 5.95. The van der Waals surface area contributed by atoms with Crippen molar-refractivity contribution >= 4 is 5.97 Å². The van der Waals surface area contributed by atoms with Crippen LogP contribution in [0, 0.1) is 13.8 Å². The monoisotopic (exact) mass is 181 g/mol. The van der Waals surface area contributed by atoms with Gasteiger partial charge < -0.3 is 15.3 Å². The fourth-order valence-corrected chi connectivity index (χ4v) is 1.13. The molecule has 0 aliphatic carbocycles. The van der Waals surface area contributed by atoms with Crippen molar-refractivity contribution in [3.63, 3.8) is 0 Å². The van der Waals surface area contributed by atoms with E-state index in [9.17, 15) is 15.0 Å². The van der Waals surface area contributed by atoms with Gasteiger partial charge in [0.1, 0.15) is 5.75 Å². The Morgan fingerprint density at radius 2 is 2.00 bits per heavy atom. The van der Waals surface area contributed by atoms with Crippen LogP contribution in [0.15, 0.2) is 6.07 Å². The Kier molecular flexibility index (Phi) is 2.14. The van der Waals surface area contributed by atoms with E-state index in [-0.39, 0.29) is 22.4 Å².